The number of thioether (sulfide) groups is 1. The highest BCUT2D eigenvalue weighted by Crippen LogP contribution is 2.23. The first kappa shape index (κ1) is 17.0. The second-order valence-corrected chi connectivity index (χ2v) is 8.86. The molecule has 2 rings (SSSR count). The molecule has 0 aliphatic carbocycles. The van der Waals surface area contributed by atoms with Crippen LogP contribution in [-0.4, -0.2) is 49.4 Å². The lowest BCUT2D eigenvalue weighted by molar-refractivity contribution is 0.343. The Balaban J connectivity index is 1.84. The van der Waals surface area contributed by atoms with Crippen LogP contribution in [0.5, 0.6) is 5.75 Å². The Morgan fingerprint density at radius 1 is 1.27 bits per heavy atom. The quantitative estimate of drug-likeness (QED) is 0.591. The second kappa shape index (κ2) is 7.27. The van der Waals surface area contributed by atoms with Gasteiger partial charge < -0.3 is 10.5 Å². The third-order valence-electron chi connectivity index (χ3n) is 2.60. The van der Waals surface area contributed by atoms with Crippen molar-refractivity contribution in [3.8, 4) is 5.75 Å². The second-order valence-electron chi connectivity index (χ2n) is 4.36. The summed E-state index contributed by atoms with van der Waals surface area (Å²) in [5, 5.41) is 8.06. The molecule has 0 aliphatic rings. The van der Waals surface area contributed by atoms with Gasteiger partial charge in [0, 0.05) is 19.8 Å². The number of nitrogens with two attached hydrogens (primary N) is 1. The minimum atomic E-state index is -3.40. The highest BCUT2D eigenvalue weighted by atomic mass is 32.2. The molecule has 0 unspecified atom stereocenters. The molecule has 2 N–H and O–H groups in total. The van der Waals surface area contributed by atoms with E-state index in [-0.39, 0.29) is 4.90 Å². The number of hydrogen-bond donors (Lipinski definition) is 1. The van der Waals surface area contributed by atoms with Gasteiger partial charge in [-0.1, -0.05) is 23.1 Å². The third kappa shape index (κ3) is 4.32. The van der Waals surface area contributed by atoms with Crippen LogP contribution in [0.4, 0.5) is 5.13 Å². The van der Waals surface area contributed by atoms with E-state index in [1.54, 1.807) is 12.1 Å². The summed E-state index contributed by atoms with van der Waals surface area (Å²) < 4.78 is 31.4. The van der Waals surface area contributed by atoms with Crippen LogP contribution in [0.3, 0.4) is 0 Å². The van der Waals surface area contributed by atoms with E-state index in [0.29, 0.717) is 23.2 Å². The summed E-state index contributed by atoms with van der Waals surface area (Å²) in [6.07, 6.45) is 0. The van der Waals surface area contributed by atoms with E-state index < -0.39 is 10.0 Å². The Morgan fingerprint density at radius 3 is 2.50 bits per heavy atom. The normalized spacial score (nSPS) is 11.8. The molecule has 120 valence electrons. The van der Waals surface area contributed by atoms with E-state index in [4.69, 9.17) is 10.5 Å². The molecule has 0 aliphatic heterocycles. The van der Waals surface area contributed by atoms with Crippen LogP contribution >= 0.6 is 23.1 Å². The van der Waals surface area contributed by atoms with Gasteiger partial charge in [-0.25, -0.2) is 12.7 Å². The molecule has 0 radical (unpaired) electrons. The monoisotopic (exact) mass is 360 g/mol. The molecule has 22 heavy (non-hydrogen) atoms. The van der Waals surface area contributed by atoms with Crippen molar-refractivity contribution in [1.29, 1.82) is 0 Å². The smallest absolute Gasteiger partial charge is 0.242 e. The first-order valence-electron chi connectivity index (χ1n) is 6.27. The number of nitrogens with zero attached hydrogens (tertiary/aromatic N) is 3. The molecule has 1 aromatic carbocycles. The predicted molar refractivity (Wildman–Crippen MR) is 87.9 cm³/mol. The van der Waals surface area contributed by atoms with E-state index >= 15 is 0 Å². The van der Waals surface area contributed by atoms with Gasteiger partial charge in [-0.05, 0) is 24.3 Å². The van der Waals surface area contributed by atoms with Crippen molar-refractivity contribution in [2.75, 3.05) is 32.2 Å². The minimum Gasteiger partial charge on any atom is -0.493 e. The molecular weight excluding hydrogens is 344 g/mol. The SMILES string of the molecule is CN(C)S(=O)(=O)c1ccc(OCCSc2nnc(N)s2)cc1. The van der Waals surface area contributed by atoms with Crippen molar-refractivity contribution < 1.29 is 13.2 Å². The van der Waals surface area contributed by atoms with Crippen LogP contribution in [0, 0.1) is 0 Å². The third-order valence-corrected chi connectivity index (χ3v) is 6.28. The first-order valence-corrected chi connectivity index (χ1v) is 9.51. The molecule has 10 heteroatoms. The average molecular weight is 360 g/mol. The lowest BCUT2D eigenvalue weighted by Gasteiger charge is -2.12. The minimum absolute atomic E-state index is 0.239. The van der Waals surface area contributed by atoms with E-state index in [9.17, 15) is 8.42 Å². The van der Waals surface area contributed by atoms with Gasteiger partial charge in [0.25, 0.3) is 0 Å². The van der Waals surface area contributed by atoms with Crippen LogP contribution in [0.1, 0.15) is 0 Å². The van der Waals surface area contributed by atoms with Crippen molar-refractivity contribution in [3.05, 3.63) is 24.3 Å². The van der Waals surface area contributed by atoms with Crippen LogP contribution in [0.15, 0.2) is 33.5 Å². The number of nitrogen functional groups attached to an aromatic ring is 1. The maximum Gasteiger partial charge on any atom is 0.242 e. The first-order chi connectivity index (χ1) is 10.4. The van der Waals surface area contributed by atoms with Gasteiger partial charge in [0.05, 0.1) is 11.5 Å². The van der Waals surface area contributed by atoms with Crippen LogP contribution in [0.2, 0.25) is 0 Å². The van der Waals surface area contributed by atoms with Crippen LogP contribution < -0.4 is 10.5 Å². The van der Waals surface area contributed by atoms with Crippen molar-refractivity contribution in [3.63, 3.8) is 0 Å². The average Bonchev–Trinajstić information content (AvgIpc) is 2.89. The lowest BCUT2D eigenvalue weighted by Crippen LogP contribution is -2.22. The van der Waals surface area contributed by atoms with E-state index in [2.05, 4.69) is 10.2 Å². The largest absolute Gasteiger partial charge is 0.493 e. The van der Waals surface area contributed by atoms with Crippen molar-refractivity contribution in [1.82, 2.24) is 14.5 Å². The van der Waals surface area contributed by atoms with Gasteiger partial charge in [0.15, 0.2) is 4.34 Å². The molecule has 0 bridgehead atoms. The number of ether oxygens (including phenoxy) is 1. The van der Waals surface area contributed by atoms with Gasteiger partial charge in [0.1, 0.15) is 5.75 Å². The van der Waals surface area contributed by atoms with Gasteiger partial charge in [-0.3, -0.25) is 0 Å². The van der Waals surface area contributed by atoms with Gasteiger partial charge in [-0.2, -0.15) is 0 Å². The summed E-state index contributed by atoms with van der Waals surface area (Å²) in [5.74, 6) is 1.32. The topological polar surface area (TPSA) is 98.4 Å². The molecule has 0 spiro atoms. The number of rotatable bonds is 7. The number of anilines is 1. The maximum absolute atomic E-state index is 11.9. The standard InChI is InChI=1S/C12H16N4O3S3/c1-16(2)22(17,18)10-5-3-9(4-6-10)19-7-8-20-12-15-14-11(13)21-12/h3-6H,7-8H2,1-2H3,(H2,13,14). The van der Waals surface area contributed by atoms with E-state index in [0.717, 1.165) is 4.34 Å². The molecule has 1 aromatic heterocycles. The van der Waals surface area contributed by atoms with Crippen molar-refractivity contribution >= 4 is 38.3 Å². The summed E-state index contributed by atoms with van der Waals surface area (Å²) in [5.41, 5.74) is 5.49. The Kier molecular flexibility index (Phi) is 5.62. The maximum atomic E-state index is 11.9. The van der Waals surface area contributed by atoms with Crippen molar-refractivity contribution in [2.24, 2.45) is 0 Å². The van der Waals surface area contributed by atoms with Crippen LogP contribution in [0.25, 0.3) is 0 Å². The van der Waals surface area contributed by atoms with E-state index in [1.807, 2.05) is 0 Å². The molecule has 0 amide bonds. The van der Waals surface area contributed by atoms with Gasteiger partial charge >= 0.3 is 0 Å². The van der Waals surface area contributed by atoms with Gasteiger partial charge in [-0.15, -0.1) is 10.2 Å². The number of aromatic nitrogens is 2. The zero-order chi connectivity index (χ0) is 16.2. The molecular formula is C12H16N4O3S3. The summed E-state index contributed by atoms with van der Waals surface area (Å²) in [4.78, 5) is 0.239. The Labute approximate surface area is 137 Å². The molecule has 0 saturated carbocycles. The lowest BCUT2D eigenvalue weighted by atomic mass is 10.3. The summed E-state index contributed by atoms with van der Waals surface area (Å²) >= 11 is 2.84. The van der Waals surface area contributed by atoms with Gasteiger partial charge in [0.2, 0.25) is 15.2 Å². The molecule has 0 saturated heterocycles. The molecule has 1 heterocycles. The highest BCUT2D eigenvalue weighted by molar-refractivity contribution is 8.01. The van der Waals surface area contributed by atoms with E-state index in [1.165, 1.54) is 53.6 Å². The molecule has 0 fully saturated rings. The Hall–Kier alpha value is -1.36. The Bertz CT molecular complexity index is 713. The zero-order valence-corrected chi connectivity index (χ0v) is 14.5. The zero-order valence-electron chi connectivity index (χ0n) is 12.1. The summed E-state index contributed by atoms with van der Waals surface area (Å²) in [6.45, 7) is 0.476. The Morgan fingerprint density at radius 2 is 1.95 bits per heavy atom. The fourth-order valence-electron chi connectivity index (χ4n) is 1.49. The van der Waals surface area contributed by atoms with Crippen molar-refractivity contribution in [2.45, 2.75) is 9.24 Å². The molecule has 7 nitrogen and oxygen atoms in total. The fraction of sp³-hybridized carbons (Fsp3) is 0.333. The fourth-order valence-corrected chi connectivity index (χ4v) is 3.91. The molecule has 0 atom stereocenters. The number of sulfonamides is 1. The summed E-state index contributed by atoms with van der Waals surface area (Å²) in [6, 6.07) is 6.35. The number of hydrogen-bond acceptors (Lipinski definition) is 8. The highest BCUT2D eigenvalue weighted by Gasteiger charge is 2.16. The van der Waals surface area contributed by atoms with Crippen LogP contribution in [-0.2, 0) is 10.0 Å². The summed E-state index contributed by atoms with van der Waals surface area (Å²) in [7, 11) is -0.410. The predicted octanol–water partition coefficient (Wildman–Crippen LogP) is 1.54. The number of benzene rings is 1. The molecule has 2 aromatic rings.